The minimum Gasteiger partial charge on any atom is -0.493 e. The van der Waals surface area contributed by atoms with Crippen molar-refractivity contribution in [2.75, 3.05) is 47.1 Å². The molecule has 1 heterocycles. The number of ether oxygens (including phenoxy) is 4. The van der Waals surface area contributed by atoms with Gasteiger partial charge in [-0.25, -0.2) is 4.79 Å². The van der Waals surface area contributed by atoms with Crippen molar-refractivity contribution in [2.45, 2.75) is 64.8 Å². The fourth-order valence-corrected chi connectivity index (χ4v) is 5.00. The first kappa shape index (κ1) is 34.7. The van der Waals surface area contributed by atoms with Crippen LogP contribution in [0.1, 0.15) is 63.1 Å². The Labute approximate surface area is 260 Å². The van der Waals surface area contributed by atoms with Gasteiger partial charge in [-0.2, -0.15) is 0 Å². The highest BCUT2D eigenvalue weighted by Crippen LogP contribution is 2.30. The van der Waals surface area contributed by atoms with Gasteiger partial charge in [0, 0.05) is 57.3 Å². The van der Waals surface area contributed by atoms with Gasteiger partial charge >= 0.3 is 6.09 Å². The van der Waals surface area contributed by atoms with E-state index in [-0.39, 0.29) is 37.5 Å². The maximum atomic E-state index is 13.9. The van der Waals surface area contributed by atoms with Gasteiger partial charge in [0.25, 0.3) is 11.8 Å². The number of hydrogen-bond acceptors (Lipinski definition) is 8. The topological polar surface area (TPSA) is 127 Å². The van der Waals surface area contributed by atoms with E-state index in [1.165, 1.54) is 4.90 Å². The second-order valence-corrected chi connectivity index (χ2v) is 12.2. The molecule has 3 rings (SSSR count). The van der Waals surface area contributed by atoms with Crippen LogP contribution in [-0.2, 0) is 14.3 Å². The van der Waals surface area contributed by atoms with E-state index in [2.05, 4.69) is 5.32 Å². The second-order valence-electron chi connectivity index (χ2n) is 12.2. The van der Waals surface area contributed by atoms with E-state index in [1.54, 1.807) is 88.4 Å². The SMILES string of the molecule is COCCCOc1cc(C(=O)N(CC2CN(C(=O)OC(C)(C)C)CC2NC(=O)C(O)c2ccccc2)C(C)C)ccc1OC. The van der Waals surface area contributed by atoms with Crippen LogP contribution in [-0.4, -0.2) is 97.6 Å². The van der Waals surface area contributed by atoms with Crippen molar-refractivity contribution in [3.05, 3.63) is 59.7 Å². The summed E-state index contributed by atoms with van der Waals surface area (Å²) < 4.78 is 22.0. The number of carbonyl (C=O) groups is 3. The summed E-state index contributed by atoms with van der Waals surface area (Å²) in [7, 11) is 3.16. The highest BCUT2D eigenvalue weighted by Gasteiger charge is 2.40. The lowest BCUT2D eigenvalue weighted by Gasteiger charge is -2.32. The molecule has 0 aliphatic carbocycles. The number of aliphatic hydroxyl groups excluding tert-OH is 1. The number of nitrogens with one attached hydrogen (secondary N) is 1. The lowest BCUT2D eigenvalue weighted by molar-refractivity contribution is -0.130. The number of benzene rings is 2. The number of nitrogens with zero attached hydrogens (tertiary/aromatic N) is 2. The number of carbonyl (C=O) groups excluding carboxylic acids is 3. The molecule has 1 aliphatic rings. The predicted octanol–water partition coefficient (Wildman–Crippen LogP) is 4.05. The van der Waals surface area contributed by atoms with Crippen molar-refractivity contribution in [2.24, 2.45) is 5.92 Å². The van der Waals surface area contributed by atoms with Gasteiger partial charge in [-0.05, 0) is 58.4 Å². The summed E-state index contributed by atoms with van der Waals surface area (Å²) in [6, 6.07) is 13.0. The third-order valence-electron chi connectivity index (χ3n) is 7.26. The molecule has 0 bridgehead atoms. The van der Waals surface area contributed by atoms with Crippen LogP contribution >= 0.6 is 0 Å². The van der Waals surface area contributed by atoms with Crippen LogP contribution in [0.5, 0.6) is 11.5 Å². The van der Waals surface area contributed by atoms with Gasteiger partial charge in [0.15, 0.2) is 17.6 Å². The fourth-order valence-electron chi connectivity index (χ4n) is 5.00. The largest absolute Gasteiger partial charge is 0.493 e. The molecule has 3 unspecified atom stereocenters. The summed E-state index contributed by atoms with van der Waals surface area (Å²) in [5.74, 6) is -0.169. The molecule has 0 spiro atoms. The van der Waals surface area contributed by atoms with Gasteiger partial charge in [0.2, 0.25) is 0 Å². The van der Waals surface area contributed by atoms with Gasteiger partial charge < -0.3 is 39.2 Å². The lowest BCUT2D eigenvalue weighted by atomic mass is 10.0. The minimum absolute atomic E-state index is 0.176. The van der Waals surface area contributed by atoms with E-state index in [9.17, 15) is 19.5 Å². The average Bonchev–Trinajstić information content (AvgIpc) is 3.39. The van der Waals surface area contributed by atoms with Crippen LogP contribution in [0, 0.1) is 5.92 Å². The molecule has 2 N–H and O–H groups in total. The molecule has 1 aliphatic heterocycles. The van der Waals surface area contributed by atoms with Crippen molar-refractivity contribution in [1.82, 2.24) is 15.1 Å². The minimum atomic E-state index is -1.38. The zero-order chi connectivity index (χ0) is 32.4. The van der Waals surface area contributed by atoms with E-state index < -0.39 is 29.7 Å². The Morgan fingerprint density at radius 3 is 2.34 bits per heavy atom. The first-order valence-corrected chi connectivity index (χ1v) is 15.0. The molecule has 0 radical (unpaired) electrons. The first-order valence-electron chi connectivity index (χ1n) is 15.0. The highest BCUT2D eigenvalue weighted by molar-refractivity contribution is 5.95. The van der Waals surface area contributed by atoms with Crippen LogP contribution in [0.3, 0.4) is 0 Å². The van der Waals surface area contributed by atoms with Gasteiger partial charge in [-0.1, -0.05) is 30.3 Å². The molecule has 2 aromatic carbocycles. The average molecular weight is 614 g/mol. The molecule has 11 nitrogen and oxygen atoms in total. The van der Waals surface area contributed by atoms with Crippen LogP contribution in [0.2, 0.25) is 0 Å². The lowest BCUT2D eigenvalue weighted by Crippen LogP contribution is -2.48. The Morgan fingerprint density at radius 1 is 1.02 bits per heavy atom. The predicted molar refractivity (Wildman–Crippen MR) is 166 cm³/mol. The van der Waals surface area contributed by atoms with E-state index >= 15 is 0 Å². The molecule has 1 fully saturated rings. The summed E-state index contributed by atoms with van der Waals surface area (Å²) in [5, 5.41) is 13.7. The summed E-state index contributed by atoms with van der Waals surface area (Å²) in [5.41, 5.74) is 0.181. The van der Waals surface area contributed by atoms with E-state index in [0.717, 1.165) is 0 Å². The highest BCUT2D eigenvalue weighted by atomic mass is 16.6. The van der Waals surface area contributed by atoms with Gasteiger partial charge in [0.1, 0.15) is 5.60 Å². The van der Waals surface area contributed by atoms with Crippen molar-refractivity contribution < 1.29 is 38.4 Å². The molecular formula is C33H47N3O8. The molecule has 0 aromatic heterocycles. The molecule has 44 heavy (non-hydrogen) atoms. The molecule has 2 aromatic rings. The van der Waals surface area contributed by atoms with E-state index in [4.69, 9.17) is 18.9 Å². The third-order valence-corrected chi connectivity index (χ3v) is 7.26. The van der Waals surface area contributed by atoms with Crippen LogP contribution in [0.4, 0.5) is 4.79 Å². The van der Waals surface area contributed by atoms with Gasteiger partial charge in [-0.15, -0.1) is 0 Å². The van der Waals surface area contributed by atoms with Crippen LogP contribution in [0.25, 0.3) is 0 Å². The standard InChI is InChI=1S/C33H47N3O8/c1-22(2)36(31(39)24-14-15-27(42-7)28(18-24)43-17-11-16-41-6)20-25-19-35(32(40)44-33(3,4)5)21-26(25)34-30(38)29(37)23-12-9-8-10-13-23/h8-10,12-15,18,22,25-26,29,37H,11,16-17,19-21H2,1-7H3,(H,34,38). The molecule has 11 heteroatoms. The first-order chi connectivity index (χ1) is 20.8. The van der Waals surface area contributed by atoms with Crippen molar-refractivity contribution in [3.8, 4) is 11.5 Å². The third kappa shape index (κ3) is 9.59. The van der Waals surface area contributed by atoms with E-state index in [1.807, 2.05) is 13.8 Å². The zero-order valence-electron chi connectivity index (χ0n) is 26.9. The quantitative estimate of drug-likeness (QED) is 0.324. The Hall–Kier alpha value is -3.83. The fraction of sp³-hybridized carbons (Fsp3) is 0.545. The number of methoxy groups -OCH3 is 2. The number of amides is 3. The summed E-state index contributed by atoms with van der Waals surface area (Å²) in [4.78, 5) is 43.3. The van der Waals surface area contributed by atoms with Crippen molar-refractivity contribution in [3.63, 3.8) is 0 Å². The Kier molecular flexibility index (Phi) is 12.4. The van der Waals surface area contributed by atoms with E-state index in [0.29, 0.717) is 42.3 Å². The maximum absolute atomic E-state index is 13.9. The Balaban J connectivity index is 1.83. The van der Waals surface area contributed by atoms with Crippen molar-refractivity contribution >= 4 is 17.9 Å². The monoisotopic (exact) mass is 613 g/mol. The van der Waals surface area contributed by atoms with Gasteiger partial charge in [0.05, 0.1) is 19.8 Å². The molecule has 1 saturated heterocycles. The summed E-state index contributed by atoms with van der Waals surface area (Å²) in [6.45, 7) is 10.8. The second kappa shape index (κ2) is 15.8. The summed E-state index contributed by atoms with van der Waals surface area (Å²) >= 11 is 0. The number of aliphatic hydroxyl groups is 1. The van der Waals surface area contributed by atoms with Crippen molar-refractivity contribution in [1.29, 1.82) is 0 Å². The summed E-state index contributed by atoms with van der Waals surface area (Å²) in [6.07, 6.45) is -1.20. The van der Waals surface area contributed by atoms with Gasteiger partial charge in [-0.3, -0.25) is 9.59 Å². The maximum Gasteiger partial charge on any atom is 0.410 e. The molecular weight excluding hydrogens is 566 g/mol. The zero-order valence-corrected chi connectivity index (χ0v) is 26.9. The molecule has 3 amide bonds. The normalized spacial score (nSPS) is 17.2. The Morgan fingerprint density at radius 2 is 1.73 bits per heavy atom. The number of rotatable bonds is 13. The molecule has 242 valence electrons. The molecule has 0 saturated carbocycles. The van der Waals surface area contributed by atoms with Crippen LogP contribution in [0.15, 0.2) is 48.5 Å². The number of hydrogen-bond donors (Lipinski definition) is 2. The number of likely N-dealkylation sites (tertiary alicyclic amines) is 1. The Bertz CT molecular complexity index is 1250. The van der Waals surface area contributed by atoms with Crippen LogP contribution < -0.4 is 14.8 Å². The molecule has 3 atom stereocenters. The smallest absolute Gasteiger partial charge is 0.410 e.